The molecule has 0 aliphatic heterocycles. The van der Waals surface area contributed by atoms with Gasteiger partial charge in [-0.15, -0.1) is 0 Å². The van der Waals surface area contributed by atoms with Crippen LogP contribution in [0.1, 0.15) is 265 Å². The summed E-state index contributed by atoms with van der Waals surface area (Å²) in [6.45, 7) is 6.31. The average molecular weight is 1060 g/mol. The molecule has 0 aromatic rings. The third kappa shape index (κ3) is 62.0. The molecule has 0 saturated carbocycles. The molecule has 0 aliphatic carbocycles. The Morgan fingerprint density at radius 1 is 0.273 bits per heavy atom. The fourth-order valence-electron chi connectivity index (χ4n) is 8.21. The van der Waals surface area contributed by atoms with Gasteiger partial charge in [-0.25, -0.2) is 0 Å². The fraction of sp³-hybridized carbons (Fsp3) is 0.620. The summed E-state index contributed by atoms with van der Waals surface area (Å²) >= 11 is 0. The summed E-state index contributed by atoms with van der Waals surface area (Å²) in [5.41, 5.74) is 0. The van der Waals surface area contributed by atoms with Crippen LogP contribution in [0.15, 0.2) is 146 Å². The van der Waals surface area contributed by atoms with Gasteiger partial charge in [0.25, 0.3) is 0 Å². The van der Waals surface area contributed by atoms with Crippen molar-refractivity contribution in [2.24, 2.45) is 0 Å². The van der Waals surface area contributed by atoms with Gasteiger partial charge in [-0.05, 0) is 122 Å². The molecule has 0 aromatic heterocycles. The maximum Gasteiger partial charge on any atom is 0.306 e. The van der Waals surface area contributed by atoms with Crippen molar-refractivity contribution in [3.05, 3.63) is 146 Å². The Morgan fingerprint density at radius 2 is 0.506 bits per heavy atom. The minimum absolute atomic E-state index is 0.0902. The lowest BCUT2D eigenvalue weighted by atomic mass is 10.1. The van der Waals surface area contributed by atoms with E-state index in [2.05, 4.69) is 167 Å². The first-order chi connectivity index (χ1) is 38.0. The Kier molecular flexibility index (Phi) is 59.9. The molecule has 6 heteroatoms. The van der Waals surface area contributed by atoms with Crippen molar-refractivity contribution in [1.29, 1.82) is 0 Å². The third-order valence-corrected chi connectivity index (χ3v) is 12.8. The van der Waals surface area contributed by atoms with Crippen molar-refractivity contribution < 1.29 is 28.6 Å². The van der Waals surface area contributed by atoms with Gasteiger partial charge in [-0.2, -0.15) is 0 Å². The first-order valence-electron chi connectivity index (χ1n) is 31.3. The van der Waals surface area contributed by atoms with Crippen LogP contribution in [0.4, 0.5) is 0 Å². The summed E-state index contributed by atoms with van der Waals surface area (Å²) in [5, 5.41) is 0. The molecule has 0 aromatic carbocycles. The summed E-state index contributed by atoms with van der Waals surface area (Å²) in [7, 11) is 0. The topological polar surface area (TPSA) is 78.9 Å². The molecule has 0 aliphatic rings. The number of ether oxygens (including phenoxy) is 3. The van der Waals surface area contributed by atoms with E-state index in [4.69, 9.17) is 14.2 Å². The van der Waals surface area contributed by atoms with Gasteiger partial charge in [-0.1, -0.05) is 269 Å². The van der Waals surface area contributed by atoms with E-state index in [0.717, 1.165) is 161 Å². The predicted molar refractivity (Wildman–Crippen MR) is 334 cm³/mol. The molecule has 0 fully saturated rings. The van der Waals surface area contributed by atoms with Gasteiger partial charge in [-0.3, -0.25) is 14.4 Å². The number of carbonyl (C=O) groups excluding carboxylic acids is 3. The highest BCUT2D eigenvalue weighted by molar-refractivity contribution is 5.71. The van der Waals surface area contributed by atoms with Crippen molar-refractivity contribution in [3.63, 3.8) is 0 Å². The number of hydrogen-bond acceptors (Lipinski definition) is 6. The summed E-state index contributed by atoms with van der Waals surface area (Å²) in [6, 6.07) is 0. The quantitative estimate of drug-likeness (QED) is 0.0261. The second-order valence-electron chi connectivity index (χ2n) is 20.2. The maximum absolute atomic E-state index is 12.8. The minimum Gasteiger partial charge on any atom is -0.462 e. The molecule has 0 N–H and O–H groups in total. The van der Waals surface area contributed by atoms with Crippen molar-refractivity contribution >= 4 is 17.9 Å². The molecule has 1 unspecified atom stereocenters. The number of esters is 3. The molecule has 0 amide bonds. The molecule has 0 bridgehead atoms. The standard InChI is InChI=1S/C71H114O6/c1-4-7-10-13-15-17-19-21-23-25-27-29-31-33-34-35-36-38-39-41-43-45-47-49-51-53-55-58-61-64-70(73)76-67-68(66-75-69(72)63-60-57-12-9-6-3)77-71(74)65-62-59-56-54-52-50-48-46-44-42-40-37-32-30-28-26-24-22-20-18-16-14-11-8-5-2/h7-8,10-11,15-18,21-24,27-30,33-34,36-38,40,44,46,68H,4-6,9,12-14,19-20,25-26,31-32,35,39,41-43,45,47-67H2,1-3H3/b10-7-,11-8-,17-15-,18-16-,23-21-,24-22-,29-27-,30-28-,34-33-,38-36-,40-37-,46-44-. The highest BCUT2D eigenvalue weighted by Gasteiger charge is 2.19. The van der Waals surface area contributed by atoms with Crippen LogP contribution in [-0.2, 0) is 28.6 Å². The molecule has 0 spiro atoms. The molecular weight excluding hydrogens is 949 g/mol. The first-order valence-corrected chi connectivity index (χ1v) is 31.3. The van der Waals surface area contributed by atoms with Crippen LogP contribution < -0.4 is 0 Å². The van der Waals surface area contributed by atoms with E-state index in [9.17, 15) is 14.4 Å². The van der Waals surface area contributed by atoms with Crippen LogP contribution in [-0.4, -0.2) is 37.2 Å². The molecule has 1 atom stereocenters. The maximum atomic E-state index is 12.8. The van der Waals surface area contributed by atoms with Crippen molar-refractivity contribution in [3.8, 4) is 0 Å². The molecular formula is C71H114O6. The van der Waals surface area contributed by atoms with Crippen LogP contribution >= 0.6 is 0 Å². The van der Waals surface area contributed by atoms with Gasteiger partial charge in [0.2, 0.25) is 0 Å². The molecule has 434 valence electrons. The van der Waals surface area contributed by atoms with Crippen LogP contribution in [0, 0.1) is 0 Å². The number of rotatable bonds is 55. The van der Waals surface area contributed by atoms with Crippen molar-refractivity contribution in [1.82, 2.24) is 0 Å². The summed E-state index contributed by atoms with van der Waals surface area (Å²) in [4.78, 5) is 37.9. The Labute approximate surface area is 474 Å². The molecule has 0 radical (unpaired) electrons. The van der Waals surface area contributed by atoms with Gasteiger partial charge in [0.1, 0.15) is 13.2 Å². The molecule has 0 heterocycles. The average Bonchev–Trinajstić information content (AvgIpc) is 3.43. The van der Waals surface area contributed by atoms with Gasteiger partial charge in [0, 0.05) is 19.3 Å². The molecule has 0 rings (SSSR count). The largest absolute Gasteiger partial charge is 0.462 e. The van der Waals surface area contributed by atoms with Gasteiger partial charge in [0.15, 0.2) is 6.10 Å². The second-order valence-corrected chi connectivity index (χ2v) is 20.2. The van der Waals surface area contributed by atoms with E-state index in [0.29, 0.717) is 19.3 Å². The highest BCUT2D eigenvalue weighted by atomic mass is 16.6. The normalized spacial score (nSPS) is 13.1. The van der Waals surface area contributed by atoms with E-state index >= 15 is 0 Å². The Balaban J connectivity index is 4.13. The zero-order valence-corrected chi connectivity index (χ0v) is 49.7. The monoisotopic (exact) mass is 1060 g/mol. The fourth-order valence-corrected chi connectivity index (χ4v) is 8.21. The third-order valence-electron chi connectivity index (χ3n) is 12.8. The predicted octanol–water partition coefficient (Wildman–Crippen LogP) is 21.5. The van der Waals surface area contributed by atoms with E-state index < -0.39 is 6.10 Å². The van der Waals surface area contributed by atoms with E-state index in [1.54, 1.807) is 0 Å². The van der Waals surface area contributed by atoms with Crippen LogP contribution in [0.25, 0.3) is 0 Å². The Hall–Kier alpha value is -4.71. The summed E-state index contributed by atoms with van der Waals surface area (Å²) in [6.07, 6.45) is 91.8. The Bertz CT molecular complexity index is 1700. The minimum atomic E-state index is -0.791. The van der Waals surface area contributed by atoms with Gasteiger partial charge in [0.05, 0.1) is 0 Å². The lowest BCUT2D eigenvalue weighted by molar-refractivity contribution is -0.167. The molecule has 6 nitrogen and oxygen atoms in total. The van der Waals surface area contributed by atoms with E-state index in [1.807, 2.05) is 0 Å². The van der Waals surface area contributed by atoms with E-state index in [-0.39, 0.29) is 31.1 Å². The highest BCUT2D eigenvalue weighted by Crippen LogP contribution is 2.15. The Morgan fingerprint density at radius 3 is 0.792 bits per heavy atom. The summed E-state index contributed by atoms with van der Waals surface area (Å²) in [5.74, 6) is -0.926. The van der Waals surface area contributed by atoms with Gasteiger partial charge >= 0.3 is 17.9 Å². The van der Waals surface area contributed by atoms with Crippen molar-refractivity contribution in [2.45, 2.75) is 271 Å². The summed E-state index contributed by atoms with van der Waals surface area (Å²) < 4.78 is 16.7. The first kappa shape index (κ1) is 72.3. The van der Waals surface area contributed by atoms with Crippen LogP contribution in [0.2, 0.25) is 0 Å². The van der Waals surface area contributed by atoms with Crippen LogP contribution in [0.3, 0.4) is 0 Å². The molecule has 0 saturated heterocycles. The number of carbonyl (C=O) groups is 3. The zero-order chi connectivity index (χ0) is 55.7. The number of hydrogen-bond donors (Lipinski definition) is 0. The zero-order valence-electron chi connectivity index (χ0n) is 49.7. The van der Waals surface area contributed by atoms with Gasteiger partial charge < -0.3 is 14.2 Å². The molecule has 77 heavy (non-hydrogen) atoms. The number of allylic oxidation sites excluding steroid dienone is 24. The number of unbranched alkanes of at least 4 members (excludes halogenated alkanes) is 20. The second kappa shape index (κ2) is 63.8. The van der Waals surface area contributed by atoms with Crippen LogP contribution in [0.5, 0.6) is 0 Å². The van der Waals surface area contributed by atoms with E-state index in [1.165, 1.54) is 64.2 Å². The SMILES string of the molecule is CC/C=C\C/C=C\C/C=C\C/C=C\C/C=C\C/C=C\CCCCCCCCCCCCC(=O)OCC(COC(=O)CCCCCCC)OC(=O)CCCCCCCC/C=C\C/C=C\C/C=C\C/C=C\C/C=C\C/C=C\CC. The lowest BCUT2D eigenvalue weighted by Gasteiger charge is -2.18. The lowest BCUT2D eigenvalue weighted by Crippen LogP contribution is -2.30. The van der Waals surface area contributed by atoms with Crippen molar-refractivity contribution in [2.75, 3.05) is 13.2 Å². The smallest absolute Gasteiger partial charge is 0.306 e.